The molecule has 10 rings (SSSR count). The van der Waals surface area contributed by atoms with Crippen molar-refractivity contribution in [1.82, 2.24) is 0 Å². The van der Waals surface area contributed by atoms with Crippen molar-refractivity contribution in [2.45, 2.75) is 133 Å². The summed E-state index contributed by atoms with van der Waals surface area (Å²) in [7, 11) is 0. The predicted molar refractivity (Wildman–Crippen MR) is 247 cm³/mol. The zero-order valence-corrected chi connectivity index (χ0v) is 35.0. The topological polar surface area (TPSA) is 3.24 Å². The molecule has 3 fully saturated rings. The Labute approximate surface area is 348 Å². The highest BCUT2D eigenvalue weighted by Crippen LogP contribution is 2.51. The second kappa shape index (κ2) is 16.1. The number of hydrogen-bond donors (Lipinski definition) is 0. The van der Waals surface area contributed by atoms with Crippen molar-refractivity contribution < 1.29 is 0 Å². The Morgan fingerprint density at radius 1 is 0.362 bits per heavy atom. The highest BCUT2D eigenvalue weighted by atomic mass is 15.1. The minimum absolute atomic E-state index is 0.0788. The fourth-order valence-electron chi connectivity index (χ4n) is 11.5. The fourth-order valence-corrected chi connectivity index (χ4v) is 11.5. The quantitative estimate of drug-likeness (QED) is 0.149. The smallest absolute Gasteiger partial charge is 0.0473 e. The molecule has 0 spiro atoms. The molecule has 0 amide bonds. The minimum atomic E-state index is -0.0788. The van der Waals surface area contributed by atoms with E-state index in [1.165, 1.54) is 175 Å². The van der Waals surface area contributed by atoms with E-state index in [0.29, 0.717) is 17.8 Å². The molecule has 0 aliphatic heterocycles. The maximum atomic E-state index is 2.56. The summed E-state index contributed by atoms with van der Waals surface area (Å²) < 4.78 is 0. The normalized spacial score (nSPS) is 18.4. The molecule has 0 unspecified atom stereocenters. The molecule has 0 atom stereocenters. The number of rotatable bonds is 8. The maximum absolute atomic E-state index is 2.56. The molecule has 294 valence electrons. The summed E-state index contributed by atoms with van der Waals surface area (Å²) in [4.78, 5) is 2.56. The van der Waals surface area contributed by atoms with Gasteiger partial charge in [-0.1, -0.05) is 163 Å². The Morgan fingerprint density at radius 2 is 0.862 bits per heavy atom. The van der Waals surface area contributed by atoms with Crippen LogP contribution in [-0.4, -0.2) is 0 Å². The van der Waals surface area contributed by atoms with E-state index in [1.807, 2.05) is 0 Å². The first-order chi connectivity index (χ1) is 28.5. The lowest BCUT2D eigenvalue weighted by Gasteiger charge is -2.30. The van der Waals surface area contributed by atoms with E-state index in [-0.39, 0.29) is 5.41 Å². The van der Waals surface area contributed by atoms with Crippen LogP contribution in [0.1, 0.15) is 156 Å². The van der Waals surface area contributed by atoms with Crippen LogP contribution < -0.4 is 4.90 Å². The third-order valence-corrected chi connectivity index (χ3v) is 14.8. The highest BCUT2D eigenvalue weighted by Gasteiger charge is 2.36. The van der Waals surface area contributed by atoms with Crippen LogP contribution in [0.5, 0.6) is 0 Å². The number of hydrogen-bond acceptors (Lipinski definition) is 1. The Hall–Kier alpha value is -4.88. The number of anilines is 3. The van der Waals surface area contributed by atoms with Crippen molar-refractivity contribution in [2.24, 2.45) is 0 Å². The van der Waals surface area contributed by atoms with Gasteiger partial charge in [-0.3, -0.25) is 0 Å². The molecule has 0 aromatic heterocycles. The highest BCUT2D eigenvalue weighted by molar-refractivity contribution is 5.88. The number of nitrogens with zero attached hydrogens (tertiary/aromatic N) is 1. The molecule has 0 bridgehead atoms. The molecule has 6 aromatic carbocycles. The monoisotopic (exact) mass is 759 g/mol. The summed E-state index contributed by atoms with van der Waals surface area (Å²) in [6.07, 6.45) is 20.1. The van der Waals surface area contributed by atoms with E-state index in [9.17, 15) is 0 Å². The van der Waals surface area contributed by atoms with Gasteiger partial charge in [-0.15, -0.1) is 0 Å². The van der Waals surface area contributed by atoms with Gasteiger partial charge in [-0.25, -0.2) is 0 Å². The molecule has 4 aliphatic rings. The third-order valence-electron chi connectivity index (χ3n) is 14.8. The van der Waals surface area contributed by atoms with Gasteiger partial charge in [0.25, 0.3) is 0 Å². The van der Waals surface area contributed by atoms with Crippen molar-refractivity contribution >= 4 is 17.1 Å². The molecular formula is C57H61N. The molecule has 0 heterocycles. The van der Waals surface area contributed by atoms with Crippen molar-refractivity contribution in [2.75, 3.05) is 4.90 Å². The van der Waals surface area contributed by atoms with Crippen molar-refractivity contribution in [3.8, 4) is 33.4 Å². The predicted octanol–water partition coefficient (Wildman–Crippen LogP) is 16.9. The van der Waals surface area contributed by atoms with Gasteiger partial charge in [-0.05, 0) is 160 Å². The lowest BCUT2D eigenvalue weighted by atomic mass is 9.82. The molecule has 1 heteroatoms. The number of fused-ring (bicyclic) bond motifs is 3. The first-order valence-electron chi connectivity index (χ1n) is 23.0. The van der Waals surface area contributed by atoms with Gasteiger partial charge in [0.1, 0.15) is 0 Å². The average molecular weight is 760 g/mol. The Balaban J connectivity index is 1.14. The van der Waals surface area contributed by atoms with E-state index < -0.39 is 0 Å². The fraction of sp³-hybridized carbons (Fsp3) is 0.368. The van der Waals surface area contributed by atoms with Gasteiger partial charge in [0.15, 0.2) is 0 Å². The summed E-state index contributed by atoms with van der Waals surface area (Å²) >= 11 is 0. The summed E-state index contributed by atoms with van der Waals surface area (Å²) in [5.74, 6) is 2.02. The van der Waals surface area contributed by atoms with Gasteiger partial charge < -0.3 is 4.90 Å². The van der Waals surface area contributed by atoms with Gasteiger partial charge in [0.2, 0.25) is 0 Å². The van der Waals surface area contributed by atoms with Gasteiger partial charge in [-0.2, -0.15) is 0 Å². The molecular weight excluding hydrogens is 699 g/mol. The molecule has 0 N–H and O–H groups in total. The molecule has 58 heavy (non-hydrogen) atoms. The second-order valence-electron chi connectivity index (χ2n) is 18.9. The van der Waals surface area contributed by atoms with Crippen LogP contribution in [0.4, 0.5) is 17.1 Å². The molecule has 1 nitrogen and oxygen atoms in total. The maximum Gasteiger partial charge on any atom is 0.0473 e. The summed E-state index contributed by atoms with van der Waals surface area (Å²) in [5, 5.41) is 0. The SMILES string of the molecule is CC1(C)c2ccccc2-c2ccc(N(c3ccc(C4CCCCC4)cc3)c3cc(-c4cccc(C5CCCCC5)c4)cc(-c4cccc(C5CCCCC5)c4)c3)cc21. The zero-order valence-electron chi connectivity index (χ0n) is 35.0. The third kappa shape index (κ3) is 7.25. The van der Waals surface area contributed by atoms with Crippen LogP contribution in [0.25, 0.3) is 33.4 Å². The van der Waals surface area contributed by atoms with E-state index in [2.05, 4.69) is 152 Å². The van der Waals surface area contributed by atoms with E-state index in [4.69, 9.17) is 0 Å². The van der Waals surface area contributed by atoms with Gasteiger partial charge in [0, 0.05) is 22.5 Å². The summed E-state index contributed by atoms with van der Waals surface area (Å²) in [6, 6.07) is 52.6. The van der Waals surface area contributed by atoms with Crippen LogP contribution in [-0.2, 0) is 5.41 Å². The lowest BCUT2D eigenvalue weighted by Crippen LogP contribution is -2.16. The van der Waals surface area contributed by atoms with E-state index >= 15 is 0 Å². The van der Waals surface area contributed by atoms with Crippen LogP contribution in [0.2, 0.25) is 0 Å². The van der Waals surface area contributed by atoms with Crippen molar-refractivity contribution in [1.29, 1.82) is 0 Å². The van der Waals surface area contributed by atoms with Crippen LogP contribution in [0.3, 0.4) is 0 Å². The second-order valence-corrected chi connectivity index (χ2v) is 18.9. The standard InChI is InChI=1S/C57H61N/c1-57(2)55-27-13-12-26-53(55)54-33-32-51(39-56(54)57)58(50-30-28-43(29-31-50)40-16-6-3-7-17-40)52-37-48(46-24-14-22-44(34-46)41-18-8-4-9-19-41)36-49(38-52)47-25-15-23-45(35-47)42-20-10-5-11-21-42/h12-15,22-42H,3-11,16-21H2,1-2H3. The number of benzene rings is 6. The lowest BCUT2D eigenvalue weighted by molar-refractivity contribution is 0.443. The molecule has 3 saturated carbocycles. The van der Waals surface area contributed by atoms with E-state index in [1.54, 1.807) is 0 Å². The Bertz CT molecular complexity index is 2300. The van der Waals surface area contributed by atoms with Crippen LogP contribution >= 0.6 is 0 Å². The van der Waals surface area contributed by atoms with Gasteiger partial charge >= 0.3 is 0 Å². The Kier molecular flexibility index (Phi) is 10.3. The van der Waals surface area contributed by atoms with Crippen LogP contribution in [0.15, 0.2) is 133 Å². The zero-order chi connectivity index (χ0) is 39.1. The Morgan fingerprint density at radius 3 is 1.43 bits per heavy atom. The largest absolute Gasteiger partial charge is 0.310 e. The molecule has 0 saturated heterocycles. The molecule has 4 aliphatic carbocycles. The first kappa shape index (κ1) is 37.4. The molecule has 0 radical (unpaired) electrons. The van der Waals surface area contributed by atoms with Crippen molar-refractivity contribution in [3.63, 3.8) is 0 Å². The van der Waals surface area contributed by atoms with Crippen LogP contribution in [0, 0.1) is 0 Å². The first-order valence-corrected chi connectivity index (χ1v) is 23.0. The van der Waals surface area contributed by atoms with E-state index in [0.717, 1.165) is 0 Å². The summed E-state index contributed by atoms with van der Waals surface area (Å²) in [6.45, 7) is 4.81. The minimum Gasteiger partial charge on any atom is -0.310 e. The summed E-state index contributed by atoms with van der Waals surface area (Å²) in [5.41, 5.74) is 18.9. The van der Waals surface area contributed by atoms with Crippen molar-refractivity contribution in [3.05, 3.63) is 161 Å². The average Bonchev–Trinajstić information content (AvgIpc) is 3.53. The molecule has 6 aromatic rings. The van der Waals surface area contributed by atoms with Gasteiger partial charge in [0.05, 0.1) is 0 Å².